The van der Waals surface area contributed by atoms with E-state index in [2.05, 4.69) is 52.4 Å². The number of hydrogen-bond acceptors (Lipinski definition) is 1. The van der Waals surface area contributed by atoms with Gasteiger partial charge in [-0.05, 0) is 17.7 Å². The van der Waals surface area contributed by atoms with Crippen LogP contribution in [-0.4, -0.2) is 9.97 Å². The van der Waals surface area contributed by atoms with Crippen LogP contribution >= 0.6 is 0 Å². The minimum Gasteiger partial charge on any atom is -0.354 e. The van der Waals surface area contributed by atoms with Gasteiger partial charge < -0.3 is 4.98 Å². The van der Waals surface area contributed by atoms with E-state index in [-0.39, 0.29) is 0 Å². The molecule has 21 heavy (non-hydrogen) atoms. The number of nitrogens with zero attached hydrogens (tertiary/aromatic N) is 1. The first-order valence-electron chi connectivity index (χ1n) is 7.00. The monoisotopic (exact) mass is 270 g/mol. The van der Waals surface area contributed by atoms with Crippen LogP contribution in [0.25, 0.3) is 33.4 Å². The number of aromatic amines is 1. The van der Waals surface area contributed by atoms with E-state index in [1.807, 2.05) is 36.5 Å². The number of pyridine rings is 1. The second-order valence-electron chi connectivity index (χ2n) is 5.04. The molecule has 0 amide bonds. The summed E-state index contributed by atoms with van der Waals surface area (Å²) >= 11 is 0. The predicted octanol–water partition coefficient (Wildman–Crippen LogP) is 4.90. The van der Waals surface area contributed by atoms with Crippen LogP contribution in [0.3, 0.4) is 0 Å². The fraction of sp³-hybridized carbons (Fsp3) is 0. The maximum atomic E-state index is 4.56. The third kappa shape index (κ3) is 2.11. The molecule has 4 aromatic rings. The standard InChI is InChI=1S/C19H14N2/c1-3-7-14(8-4-1)18-13-16-17(21-18)11-12-20-19(16)15-9-5-2-6-10-15/h1-13,21H. The maximum Gasteiger partial charge on any atom is 0.0795 e. The minimum atomic E-state index is 1.02. The van der Waals surface area contributed by atoms with Crippen LogP contribution in [0.4, 0.5) is 0 Å². The van der Waals surface area contributed by atoms with Crippen molar-refractivity contribution < 1.29 is 0 Å². The van der Waals surface area contributed by atoms with Gasteiger partial charge in [-0.2, -0.15) is 0 Å². The van der Waals surface area contributed by atoms with Crippen LogP contribution in [0.15, 0.2) is 79.0 Å². The van der Waals surface area contributed by atoms with Gasteiger partial charge >= 0.3 is 0 Å². The molecular formula is C19H14N2. The molecule has 0 saturated heterocycles. The lowest BCUT2D eigenvalue weighted by Crippen LogP contribution is -1.83. The molecular weight excluding hydrogens is 256 g/mol. The summed E-state index contributed by atoms with van der Waals surface area (Å²) in [6.07, 6.45) is 1.86. The van der Waals surface area contributed by atoms with Crippen molar-refractivity contribution in [3.8, 4) is 22.5 Å². The molecule has 2 nitrogen and oxygen atoms in total. The highest BCUT2D eigenvalue weighted by atomic mass is 14.8. The average molecular weight is 270 g/mol. The highest BCUT2D eigenvalue weighted by Crippen LogP contribution is 2.30. The quantitative estimate of drug-likeness (QED) is 0.551. The summed E-state index contributed by atoms with van der Waals surface area (Å²) < 4.78 is 0. The summed E-state index contributed by atoms with van der Waals surface area (Å²) in [7, 11) is 0. The molecule has 0 spiro atoms. The van der Waals surface area contributed by atoms with Gasteiger partial charge in [0.05, 0.1) is 5.69 Å². The van der Waals surface area contributed by atoms with E-state index in [0.29, 0.717) is 0 Å². The van der Waals surface area contributed by atoms with E-state index in [1.165, 1.54) is 5.56 Å². The Bertz CT molecular complexity index is 877. The summed E-state index contributed by atoms with van der Waals surface area (Å²) in [5.74, 6) is 0. The number of H-pyrrole nitrogens is 1. The van der Waals surface area contributed by atoms with Crippen molar-refractivity contribution in [3.05, 3.63) is 79.0 Å². The van der Waals surface area contributed by atoms with E-state index in [9.17, 15) is 0 Å². The first-order chi connectivity index (χ1) is 10.4. The molecule has 0 atom stereocenters. The van der Waals surface area contributed by atoms with Gasteiger partial charge in [0.2, 0.25) is 0 Å². The van der Waals surface area contributed by atoms with E-state index in [0.717, 1.165) is 27.9 Å². The number of aromatic nitrogens is 2. The summed E-state index contributed by atoms with van der Waals surface area (Å²) in [6, 6.07) is 24.9. The molecule has 1 N–H and O–H groups in total. The van der Waals surface area contributed by atoms with E-state index >= 15 is 0 Å². The molecule has 2 aromatic carbocycles. The highest BCUT2D eigenvalue weighted by molar-refractivity contribution is 5.96. The van der Waals surface area contributed by atoms with Gasteiger partial charge in [-0.25, -0.2) is 0 Å². The third-order valence-corrected chi connectivity index (χ3v) is 3.68. The van der Waals surface area contributed by atoms with Gasteiger partial charge in [-0.15, -0.1) is 0 Å². The van der Waals surface area contributed by atoms with Gasteiger partial charge in [0.1, 0.15) is 0 Å². The Morgan fingerprint density at radius 2 is 1.38 bits per heavy atom. The molecule has 0 aliphatic carbocycles. The van der Waals surface area contributed by atoms with Crippen molar-refractivity contribution in [2.45, 2.75) is 0 Å². The number of rotatable bonds is 2. The van der Waals surface area contributed by atoms with Crippen molar-refractivity contribution >= 4 is 10.9 Å². The smallest absolute Gasteiger partial charge is 0.0795 e. The molecule has 0 unspecified atom stereocenters. The van der Waals surface area contributed by atoms with E-state index < -0.39 is 0 Å². The Morgan fingerprint density at radius 3 is 2.10 bits per heavy atom. The van der Waals surface area contributed by atoms with Crippen molar-refractivity contribution in [1.29, 1.82) is 0 Å². The number of benzene rings is 2. The zero-order chi connectivity index (χ0) is 14.1. The lowest BCUT2D eigenvalue weighted by Gasteiger charge is -2.01. The van der Waals surface area contributed by atoms with Crippen LogP contribution in [-0.2, 0) is 0 Å². The zero-order valence-electron chi connectivity index (χ0n) is 11.5. The minimum absolute atomic E-state index is 1.02. The summed E-state index contributed by atoms with van der Waals surface area (Å²) in [6.45, 7) is 0. The largest absolute Gasteiger partial charge is 0.354 e. The van der Waals surface area contributed by atoms with Gasteiger partial charge in [-0.3, -0.25) is 4.98 Å². The van der Waals surface area contributed by atoms with Crippen molar-refractivity contribution in [2.24, 2.45) is 0 Å². The molecule has 0 aliphatic heterocycles. The molecule has 2 heteroatoms. The first-order valence-corrected chi connectivity index (χ1v) is 7.00. The van der Waals surface area contributed by atoms with Crippen LogP contribution in [0.2, 0.25) is 0 Å². The maximum absolute atomic E-state index is 4.56. The predicted molar refractivity (Wildman–Crippen MR) is 87.0 cm³/mol. The molecule has 0 aliphatic rings. The van der Waals surface area contributed by atoms with Crippen LogP contribution in [0.1, 0.15) is 0 Å². The average Bonchev–Trinajstić information content (AvgIpc) is 3.00. The summed E-state index contributed by atoms with van der Waals surface area (Å²) in [5.41, 5.74) is 5.58. The molecule has 0 fully saturated rings. The number of fused-ring (bicyclic) bond motifs is 1. The Morgan fingerprint density at radius 1 is 0.714 bits per heavy atom. The normalized spacial score (nSPS) is 10.9. The molecule has 0 bridgehead atoms. The molecule has 0 radical (unpaired) electrons. The second-order valence-corrected chi connectivity index (χ2v) is 5.04. The fourth-order valence-corrected chi connectivity index (χ4v) is 2.65. The van der Waals surface area contributed by atoms with Gasteiger partial charge in [0, 0.05) is 28.4 Å². The Balaban J connectivity index is 1.93. The topological polar surface area (TPSA) is 28.7 Å². The molecule has 2 aromatic heterocycles. The lowest BCUT2D eigenvalue weighted by molar-refractivity contribution is 1.35. The third-order valence-electron chi connectivity index (χ3n) is 3.68. The Labute approximate surface area is 123 Å². The highest BCUT2D eigenvalue weighted by Gasteiger charge is 2.09. The number of nitrogens with one attached hydrogen (secondary N) is 1. The van der Waals surface area contributed by atoms with Crippen molar-refractivity contribution in [2.75, 3.05) is 0 Å². The van der Waals surface area contributed by atoms with Crippen LogP contribution < -0.4 is 0 Å². The van der Waals surface area contributed by atoms with Crippen LogP contribution in [0, 0.1) is 0 Å². The van der Waals surface area contributed by atoms with Gasteiger partial charge in [0.25, 0.3) is 0 Å². The van der Waals surface area contributed by atoms with E-state index in [4.69, 9.17) is 0 Å². The Hall–Kier alpha value is -2.87. The van der Waals surface area contributed by atoms with Crippen molar-refractivity contribution in [3.63, 3.8) is 0 Å². The molecule has 0 saturated carbocycles. The zero-order valence-corrected chi connectivity index (χ0v) is 11.5. The van der Waals surface area contributed by atoms with Gasteiger partial charge in [0.15, 0.2) is 0 Å². The fourth-order valence-electron chi connectivity index (χ4n) is 2.65. The van der Waals surface area contributed by atoms with Crippen molar-refractivity contribution in [1.82, 2.24) is 9.97 Å². The lowest BCUT2D eigenvalue weighted by atomic mass is 10.1. The second kappa shape index (κ2) is 4.91. The number of hydrogen-bond donors (Lipinski definition) is 1. The molecule has 100 valence electrons. The molecule has 4 rings (SSSR count). The van der Waals surface area contributed by atoms with Gasteiger partial charge in [-0.1, -0.05) is 60.7 Å². The molecule has 2 heterocycles. The SMILES string of the molecule is c1ccc(-c2cc3c(-c4ccccc4)nccc3[nH]2)cc1. The van der Waals surface area contributed by atoms with E-state index in [1.54, 1.807) is 0 Å². The Kier molecular flexibility index (Phi) is 2.79. The summed E-state index contributed by atoms with van der Waals surface area (Å²) in [5, 5.41) is 1.16. The first kappa shape index (κ1) is 11.9. The summed E-state index contributed by atoms with van der Waals surface area (Å²) in [4.78, 5) is 8.05. The van der Waals surface area contributed by atoms with Crippen LogP contribution in [0.5, 0.6) is 0 Å².